The average Bonchev–Trinajstić information content (AvgIpc) is 3.39. The predicted octanol–water partition coefficient (Wildman–Crippen LogP) is 2.70. The van der Waals surface area contributed by atoms with Crippen molar-refractivity contribution >= 4 is 11.6 Å². The van der Waals surface area contributed by atoms with Gasteiger partial charge in [-0.1, -0.05) is 12.8 Å². The van der Waals surface area contributed by atoms with Gasteiger partial charge in [0.1, 0.15) is 0 Å². The maximum Gasteiger partial charge on any atom is 0.230 e. The van der Waals surface area contributed by atoms with Crippen LogP contribution in [0.5, 0.6) is 0 Å². The first-order valence-electron chi connectivity index (χ1n) is 8.21. The van der Waals surface area contributed by atoms with E-state index in [1.54, 1.807) is 4.90 Å². The van der Waals surface area contributed by atoms with Crippen LogP contribution >= 0.6 is 0 Å². The van der Waals surface area contributed by atoms with Crippen LogP contribution in [0.3, 0.4) is 0 Å². The molecule has 4 heteroatoms. The minimum absolute atomic E-state index is 0.00426. The van der Waals surface area contributed by atoms with Crippen molar-refractivity contribution < 1.29 is 9.90 Å². The second-order valence-electron chi connectivity index (χ2n) is 6.94. The highest BCUT2D eigenvalue weighted by Gasteiger charge is 2.42. The monoisotopic (exact) mass is 296 g/mol. The first-order chi connectivity index (χ1) is 10.7. The zero-order valence-corrected chi connectivity index (χ0v) is 12.5. The molecule has 1 aromatic carbocycles. The Bertz CT molecular complexity index is 656. The molecule has 4 rings (SSSR count). The van der Waals surface area contributed by atoms with E-state index in [9.17, 15) is 15.2 Å². The van der Waals surface area contributed by atoms with Crippen molar-refractivity contribution in [3.05, 3.63) is 29.3 Å². The third-order valence-electron chi connectivity index (χ3n) is 5.15. The van der Waals surface area contributed by atoms with Gasteiger partial charge in [0.15, 0.2) is 0 Å². The lowest BCUT2D eigenvalue weighted by Crippen LogP contribution is -2.37. The molecule has 1 aromatic rings. The summed E-state index contributed by atoms with van der Waals surface area (Å²) in [6, 6.07) is 7.85. The van der Waals surface area contributed by atoms with Gasteiger partial charge in [-0.15, -0.1) is 0 Å². The van der Waals surface area contributed by atoms with E-state index in [2.05, 4.69) is 6.07 Å². The molecule has 0 aromatic heterocycles. The fourth-order valence-electron chi connectivity index (χ4n) is 3.60. The first kappa shape index (κ1) is 13.8. The summed E-state index contributed by atoms with van der Waals surface area (Å²) in [4.78, 5) is 14.1. The Hall–Kier alpha value is -1.86. The largest absolute Gasteiger partial charge is 0.390 e. The number of nitriles is 1. The molecule has 4 nitrogen and oxygen atoms in total. The number of rotatable bonds is 4. The van der Waals surface area contributed by atoms with Crippen LogP contribution in [0.2, 0.25) is 0 Å². The van der Waals surface area contributed by atoms with Crippen LogP contribution in [0.15, 0.2) is 18.2 Å². The molecule has 114 valence electrons. The van der Waals surface area contributed by atoms with Crippen molar-refractivity contribution in [3.63, 3.8) is 0 Å². The van der Waals surface area contributed by atoms with Crippen LogP contribution in [0.4, 0.5) is 5.69 Å². The van der Waals surface area contributed by atoms with Crippen LogP contribution in [0.1, 0.15) is 55.6 Å². The lowest BCUT2D eigenvalue weighted by Gasteiger charge is -2.27. The number of anilines is 1. The third kappa shape index (κ3) is 2.40. The molecular formula is C18H20N2O2. The van der Waals surface area contributed by atoms with E-state index >= 15 is 0 Å². The normalized spacial score (nSPS) is 28.0. The molecule has 1 N–H and O–H groups in total. The number of hydrogen-bond donors (Lipinski definition) is 1. The quantitative estimate of drug-likeness (QED) is 0.929. The highest BCUT2D eigenvalue weighted by atomic mass is 16.3. The van der Waals surface area contributed by atoms with Gasteiger partial charge < -0.3 is 10.0 Å². The van der Waals surface area contributed by atoms with Crippen molar-refractivity contribution in [1.82, 2.24) is 0 Å². The van der Waals surface area contributed by atoms with Crippen molar-refractivity contribution in [2.75, 3.05) is 4.90 Å². The van der Waals surface area contributed by atoms with Gasteiger partial charge in [0.05, 0.1) is 30.2 Å². The number of nitrogens with zero attached hydrogens (tertiary/aromatic N) is 2. The van der Waals surface area contributed by atoms with Gasteiger partial charge in [0.25, 0.3) is 0 Å². The lowest BCUT2D eigenvalue weighted by molar-refractivity contribution is -0.117. The number of hydrogen-bond acceptors (Lipinski definition) is 3. The number of aliphatic hydroxyl groups excluding tert-OH is 1. The Morgan fingerprint density at radius 1 is 1.27 bits per heavy atom. The van der Waals surface area contributed by atoms with Crippen LogP contribution in [0, 0.1) is 17.2 Å². The van der Waals surface area contributed by atoms with Gasteiger partial charge >= 0.3 is 0 Å². The van der Waals surface area contributed by atoms with Crippen LogP contribution < -0.4 is 4.90 Å². The Kier molecular flexibility index (Phi) is 3.19. The third-order valence-corrected chi connectivity index (χ3v) is 5.15. The maximum absolute atomic E-state index is 12.3. The van der Waals surface area contributed by atoms with Crippen molar-refractivity contribution in [2.45, 2.75) is 56.6 Å². The molecule has 22 heavy (non-hydrogen) atoms. The summed E-state index contributed by atoms with van der Waals surface area (Å²) >= 11 is 0. The molecule has 2 atom stereocenters. The summed E-state index contributed by atoms with van der Waals surface area (Å²) in [5.41, 5.74) is 2.64. The Balaban J connectivity index is 1.68. The smallest absolute Gasteiger partial charge is 0.230 e. The van der Waals surface area contributed by atoms with E-state index in [1.165, 1.54) is 12.8 Å². The van der Waals surface area contributed by atoms with Gasteiger partial charge in [0.2, 0.25) is 5.91 Å². The van der Waals surface area contributed by atoms with Gasteiger partial charge in [-0.05, 0) is 54.9 Å². The van der Waals surface area contributed by atoms with Gasteiger partial charge in [-0.3, -0.25) is 4.79 Å². The van der Waals surface area contributed by atoms with E-state index < -0.39 is 6.10 Å². The number of benzene rings is 1. The van der Waals surface area contributed by atoms with E-state index in [0.717, 1.165) is 36.1 Å². The summed E-state index contributed by atoms with van der Waals surface area (Å²) in [5.74, 6) is 1.14. The molecule has 1 saturated heterocycles. The molecule has 3 fully saturated rings. The van der Waals surface area contributed by atoms with Gasteiger partial charge in [-0.2, -0.15) is 5.26 Å². The maximum atomic E-state index is 12.3. The molecule has 2 saturated carbocycles. The fraction of sp³-hybridized carbons (Fsp3) is 0.556. The first-order valence-corrected chi connectivity index (χ1v) is 8.21. The fourth-order valence-corrected chi connectivity index (χ4v) is 3.60. The van der Waals surface area contributed by atoms with Crippen molar-refractivity contribution in [3.8, 4) is 6.07 Å². The highest BCUT2D eigenvalue weighted by Crippen LogP contribution is 2.44. The minimum atomic E-state index is -0.562. The summed E-state index contributed by atoms with van der Waals surface area (Å²) in [7, 11) is 0. The SMILES string of the molecule is N#Cc1ccc(N2C(=O)C[C@H](O)[C@@H]2CC2CC2)cc1C1CC1. The summed E-state index contributed by atoms with van der Waals surface area (Å²) in [6.07, 6.45) is 5.23. The highest BCUT2D eigenvalue weighted by molar-refractivity contribution is 5.97. The number of carbonyl (C=O) groups excluding carboxylic acids is 1. The molecule has 0 spiro atoms. The Morgan fingerprint density at radius 3 is 2.68 bits per heavy atom. The van der Waals surface area contributed by atoms with Crippen LogP contribution in [-0.4, -0.2) is 23.2 Å². The molecule has 0 bridgehead atoms. The van der Waals surface area contributed by atoms with E-state index in [-0.39, 0.29) is 18.4 Å². The number of carbonyl (C=O) groups is 1. The average molecular weight is 296 g/mol. The Morgan fingerprint density at radius 2 is 2.05 bits per heavy atom. The molecule has 1 aliphatic heterocycles. The zero-order chi connectivity index (χ0) is 15.3. The van der Waals surface area contributed by atoms with E-state index in [0.29, 0.717) is 11.8 Å². The lowest BCUT2D eigenvalue weighted by atomic mass is 10.0. The second-order valence-corrected chi connectivity index (χ2v) is 6.94. The topological polar surface area (TPSA) is 64.3 Å². The minimum Gasteiger partial charge on any atom is -0.390 e. The summed E-state index contributed by atoms with van der Waals surface area (Å²) in [5, 5.41) is 19.5. The van der Waals surface area contributed by atoms with Gasteiger partial charge in [0, 0.05) is 5.69 Å². The van der Waals surface area contributed by atoms with E-state index in [4.69, 9.17) is 0 Å². The van der Waals surface area contributed by atoms with Crippen molar-refractivity contribution in [1.29, 1.82) is 5.26 Å². The number of amides is 1. The molecule has 2 aliphatic carbocycles. The predicted molar refractivity (Wildman–Crippen MR) is 82.4 cm³/mol. The Labute approximate surface area is 130 Å². The second kappa shape index (κ2) is 5.10. The summed E-state index contributed by atoms with van der Waals surface area (Å²) in [6.45, 7) is 0. The van der Waals surface area contributed by atoms with Gasteiger partial charge in [-0.25, -0.2) is 0 Å². The summed E-state index contributed by atoms with van der Waals surface area (Å²) < 4.78 is 0. The molecule has 0 radical (unpaired) electrons. The van der Waals surface area contributed by atoms with Crippen molar-refractivity contribution in [2.24, 2.45) is 5.92 Å². The standard InChI is InChI=1S/C18H20N2O2/c19-10-13-5-6-14(8-15(13)12-3-4-12)20-16(7-11-1-2-11)17(21)9-18(20)22/h5-6,8,11-12,16-17,21H,1-4,7,9H2/t16-,17-/m0/s1. The molecule has 1 heterocycles. The van der Waals surface area contributed by atoms with E-state index in [1.807, 2.05) is 18.2 Å². The van der Waals surface area contributed by atoms with Crippen LogP contribution in [0.25, 0.3) is 0 Å². The molecular weight excluding hydrogens is 276 g/mol. The van der Waals surface area contributed by atoms with Crippen LogP contribution in [-0.2, 0) is 4.79 Å². The zero-order valence-electron chi connectivity index (χ0n) is 12.5. The number of aliphatic hydroxyl groups is 1. The molecule has 1 amide bonds. The molecule has 0 unspecified atom stereocenters. The molecule has 3 aliphatic rings.